The van der Waals surface area contributed by atoms with E-state index in [0.29, 0.717) is 0 Å². The van der Waals surface area contributed by atoms with Gasteiger partial charge < -0.3 is 19.3 Å². The molecule has 0 saturated heterocycles. The molecule has 27 rings (SSSR count). The van der Waals surface area contributed by atoms with Crippen LogP contribution < -0.4 is 19.3 Å². The van der Waals surface area contributed by atoms with Crippen LogP contribution >= 0.6 is 0 Å². The summed E-state index contributed by atoms with van der Waals surface area (Å²) in [6, 6.07) is 170. The number of nitrogens with zero attached hydrogens (tertiary/aromatic N) is 2. The van der Waals surface area contributed by atoms with Gasteiger partial charge in [-0.3, -0.25) is 0 Å². The van der Waals surface area contributed by atoms with Crippen LogP contribution in [0.5, 0.6) is 23.0 Å². The van der Waals surface area contributed by atoms with Gasteiger partial charge in [0, 0.05) is 61.7 Å². The standard InChI is InChI=1S/C64H43NO.C61H39NO/c1-63(2)55-25-11-5-21-48(55)50-35-32-41(38-59(50)63)65(40-31-34-45-52-23-9-15-29-61(52)66-62-30-16-10-24-53(62)54(45)37-40)42-33-36-51-49-22-8-14-28-58(49)64(60(51)39-42)56-26-12-6-19-46(56)43-17-3-4-18-44(43)47-20-7-13-27-57(47)64;1-2-18-40(19-3-1)43-20-9-15-31-58(43)62(41-34-36-46-51-26-10-16-32-59(51)63-60-33-17-11-27-52(60)53(46)38-41)42-35-37-50-49-25-8-14-30-56(49)61(57(50)39-42)54-28-12-6-23-47(54)44-21-4-5-22-45(44)48-24-7-13-29-55(48)61/h3-39H,1-2H3;1-39H. The third-order valence-electron chi connectivity index (χ3n) is 28.6. The van der Waals surface area contributed by atoms with Crippen LogP contribution in [0.15, 0.2) is 461 Å². The minimum atomic E-state index is -0.605. The fourth-order valence-electron chi connectivity index (χ4n) is 23.2. The van der Waals surface area contributed by atoms with E-state index >= 15 is 0 Å². The number of fused-ring (bicyclic) bond motifs is 37. The predicted molar refractivity (Wildman–Crippen MR) is 531 cm³/mol. The molecule has 129 heavy (non-hydrogen) atoms. The van der Waals surface area contributed by atoms with Crippen molar-refractivity contribution >= 4 is 34.1 Å². The Kier molecular flexibility index (Phi) is 16.6. The van der Waals surface area contributed by atoms with Gasteiger partial charge >= 0.3 is 0 Å². The van der Waals surface area contributed by atoms with Crippen LogP contribution in [0.25, 0.3) is 134 Å². The van der Waals surface area contributed by atoms with Gasteiger partial charge in [0.25, 0.3) is 0 Å². The number of para-hydroxylation sites is 5. The van der Waals surface area contributed by atoms with Crippen molar-refractivity contribution in [3.05, 3.63) is 517 Å². The van der Waals surface area contributed by atoms with E-state index < -0.39 is 10.8 Å². The maximum atomic E-state index is 6.68. The maximum Gasteiger partial charge on any atom is 0.135 e. The second kappa shape index (κ2) is 28.8. The molecule has 0 N–H and O–H groups in total. The topological polar surface area (TPSA) is 24.9 Å². The van der Waals surface area contributed by atoms with Crippen LogP contribution in [0.3, 0.4) is 0 Å². The van der Waals surface area contributed by atoms with Crippen LogP contribution in [0, 0.1) is 0 Å². The molecule has 2 aliphatic heterocycles. The summed E-state index contributed by atoms with van der Waals surface area (Å²) in [7, 11) is 0. The molecule has 20 aromatic carbocycles. The van der Waals surface area contributed by atoms with E-state index in [9.17, 15) is 0 Å². The van der Waals surface area contributed by atoms with Gasteiger partial charge in [0.1, 0.15) is 23.0 Å². The van der Waals surface area contributed by atoms with Gasteiger partial charge in [-0.1, -0.05) is 384 Å². The Labute approximate surface area is 751 Å². The lowest BCUT2D eigenvalue weighted by molar-refractivity contribution is 0.487. The van der Waals surface area contributed by atoms with E-state index in [1.54, 1.807) is 0 Å². The van der Waals surface area contributed by atoms with Gasteiger partial charge in [-0.2, -0.15) is 0 Å². The normalized spacial score (nSPS) is 13.7. The lowest BCUT2D eigenvalue weighted by Gasteiger charge is -2.36. The first-order valence-electron chi connectivity index (χ1n) is 44.8. The van der Waals surface area contributed by atoms with Gasteiger partial charge in [-0.05, 0) is 252 Å². The van der Waals surface area contributed by atoms with Crippen molar-refractivity contribution in [2.45, 2.75) is 30.1 Å². The third kappa shape index (κ3) is 10.9. The first-order chi connectivity index (χ1) is 63.8. The molecular weight excluding hydrogens is 1560 g/mol. The van der Waals surface area contributed by atoms with Crippen LogP contribution in [0.2, 0.25) is 0 Å². The van der Waals surface area contributed by atoms with Crippen LogP contribution in [-0.4, -0.2) is 0 Å². The average Bonchev–Trinajstić information content (AvgIpc) is 1.52. The van der Waals surface area contributed by atoms with Gasteiger partial charge in [0.15, 0.2) is 0 Å². The molecule has 0 bridgehead atoms. The van der Waals surface area contributed by atoms with E-state index in [1.807, 2.05) is 6.07 Å². The van der Waals surface area contributed by atoms with E-state index in [1.165, 1.54) is 134 Å². The molecule has 0 atom stereocenters. The smallest absolute Gasteiger partial charge is 0.135 e. The Hall–Kier alpha value is -16.4. The Morgan fingerprint density at radius 2 is 0.380 bits per heavy atom. The van der Waals surface area contributed by atoms with E-state index in [4.69, 9.17) is 9.47 Å². The molecule has 0 unspecified atom stereocenters. The number of hydrogen-bond acceptors (Lipinski definition) is 4. The largest absolute Gasteiger partial charge is 0.456 e. The van der Waals surface area contributed by atoms with Crippen molar-refractivity contribution in [3.63, 3.8) is 0 Å². The first kappa shape index (κ1) is 74.1. The molecule has 0 fully saturated rings. The Morgan fingerprint density at radius 3 is 0.752 bits per heavy atom. The van der Waals surface area contributed by atoms with Crippen molar-refractivity contribution in [2.24, 2.45) is 0 Å². The average molecular weight is 1640 g/mol. The van der Waals surface area contributed by atoms with Crippen LogP contribution in [-0.2, 0) is 16.2 Å². The summed E-state index contributed by atoms with van der Waals surface area (Å²) in [5.74, 6) is 3.43. The highest BCUT2D eigenvalue weighted by Crippen LogP contribution is 2.66. The van der Waals surface area contributed by atoms with Crippen molar-refractivity contribution in [3.8, 4) is 157 Å². The van der Waals surface area contributed by atoms with Crippen LogP contribution in [0.1, 0.15) is 69.5 Å². The van der Waals surface area contributed by atoms with E-state index in [-0.39, 0.29) is 5.41 Å². The molecular formula is C125H82N2O2. The third-order valence-corrected chi connectivity index (χ3v) is 28.6. The van der Waals surface area contributed by atoms with Crippen molar-refractivity contribution in [1.82, 2.24) is 0 Å². The molecule has 0 radical (unpaired) electrons. The Bertz CT molecular complexity index is 7950. The van der Waals surface area contributed by atoms with Gasteiger partial charge in [0.05, 0.1) is 16.5 Å². The highest BCUT2D eigenvalue weighted by Gasteiger charge is 2.52. The number of hydrogen-bond donors (Lipinski definition) is 0. The van der Waals surface area contributed by atoms with Gasteiger partial charge in [-0.25, -0.2) is 0 Å². The zero-order valence-electron chi connectivity index (χ0n) is 71.1. The summed E-state index contributed by atoms with van der Waals surface area (Å²) < 4.78 is 13.3. The van der Waals surface area contributed by atoms with E-state index in [0.717, 1.165) is 113 Å². The highest BCUT2D eigenvalue weighted by atomic mass is 16.5. The number of anilines is 6. The number of benzene rings is 20. The highest BCUT2D eigenvalue weighted by molar-refractivity contribution is 6.04. The quantitative estimate of drug-likeness (QED) is 0.159. The van der Waals surface area contributed by atoms with Gasteiger partial charge in [-0.15, -0.1) is 0 Å². The summed E-state index contributed by atoms with van der Waals surface area (Å²) in [6.07, 6.45) is 0. The van der Waals surface area contributed by atoms with Crippen molar-refractivity contribution in [1.29, 1.82) is 0 Å². The first-order valence-corrected chi connectivity index (χ1v) is 44.8. The second-order valence-electron chi connectivity index (χ2n) is 35.4. The van der Waals surface area contributed by atoms with Crippen molar-refractivity contribution in [2.75, 3.05) is 9.80 Å². The zero-order valence-corrected chi connectivity index (χ0v) is 71.1. The van der Waals surface area contributed by atoms with Crippen molar-refractivity contribution < 1.29 is 9.47 Å². The molecule has 0 amide bonds. The van der Waals surface area contributed by atoms with E-state index in [2.05, 4.69) is 479 Å². The van der Waals surface area contributed by atoms with Gasteiger partial charge in [0.2, 0.25) is 0 Å². The summed E-state index contributed by atoms with van der Waals surface area (Å²) in [5.41, 5.74) is 47.2. The Balaban J connectivity index is 0.000000136. The molecule has 604 valence electrons. The molecule has 5 aliphatic carbocycles. The minimum Gasteiger partial charge on any atom is -0.456 e. The fourth-order valence-corrected chi connectivity index (χ4v) is 23.2. The van der Waals surface area contributed by atoms with Crippen LogP contribution in [0.4, 0.5) is 34.1 Å². The molecule has 4 nitrogen and oxygen atoms in total. The summed E-state index contributed by atoms with van der Waals surface area (Å²) in [6.45, 7) is 4.75. The molecule has 7 aliphatic rings. The lowest BCUT2D eigenvalue weighted by atomic mass is 9.66. The Morgan fingerprint density at radius 1 is 0.155 bits per heavy atom. The minimum absolute atomic E-state index is 0.173. The SMILES string of the molecule is CC1(C)c2ccccc2-c2ccc(N(c3ccc4c(c3)-c3ccccc3Oc3ccccc3-4)c3ccc4c(c3)C3(c5ccccc5-c5ccccc5-c5ccccc53)c3ccccc3-4)cc21.c1ccc(-c2ccccc2N(c2ccc3c(c2)-c2ccccc2Oc2ccccc2-3)c2ccc3c(c2)C2(c4ccccc4-c4ccccc4-c4ccccc42)c2ccccc2-3)cc1. The summed E-state index contributed by atoms with van der Waals surface area (Å²) in [5, 5.41) is 0. The molecule has 2 heterocycles. The second-order valence-corrected chi connectivity index (χ2v) is 35.4. The molecule has 0 aromatic heterocycles. The lowest BCUT2D eigenvalue weighted by Crippen LogP contribution is -2.29. The molecule has 4 heteroatoms. The maximum absolute atomic E-state index is 6.68. The number of rotatable bonds is 7. The predicted octanol–water partition coefficient (Wildman–Crippen LogP) is 33.2. The fraction of sp³-hybridized carbons (Fsp3) is 0.0400. The molecule has 0 saturated carbocycles. The number of ether oxygens (including phenoxy) is 2. The summed E-state index contributed by atoms with van der Waals surface area (Å²) in [4.78, 5) is 4.98. The zero-order chi connectivity index (χ0) is 85.2. The summed E-state index contributed by atoms with van der Waals surface area (Å²) >= 11 is 0. The monoisotopic (exact) mass is 1640 g/mol. The molecule has 20 aromatic rings. The molecule has 2 spiro atoms.